The highest BCUT2D eigenvalue weighted by Crippen LogP contribution is 2.27. The quantitative estimate of drug-likeness (QED) is 0.266. The van der Waals surface area contributed by atoms with Gasteiger partial charge in [0, 0.05) is 44.0 Å². The molecular formula is C33H45N5O5. The minimum atomic E-state index is -0.888. The predicted octanol–water partition coefficient (Wildman–Crippen LogP) is 3.01. The van der Waals surface area contributed by atoms with Crippen LogP contribution >= 0.6 is 0 Å². The van der Waals surface area contributed by atoms with Crippen molar-refractivity contribution in [1.29, 1.82) is 0 Å². The maximum Gasteiger partial charge on any atom is 0.352 e. The van der Waals surface area contributed by atoms with E-state index in [4.69, 9.17) is 15.6 Å². The van der Waals surface area contributed by atoms with E-state index in [0.29, 0.717) is 31.5 Å². The Morgan fingerprint density at radius 1 is 1.05 bits per heavy atom. The Bertz CT molecular complexity index is 1380. The molecule has 2 fully saturated rings. The topological polar surface area (TPSA) is 139 Å². The van der Waals surface area contributed by atoms with Gasteiger partial charge in [-0.3, -0.25) is 14.5 Å². The van der Waals surface area contributed by atoms with Gasteiger partial charge in [0.25, 0.3) is 0 Å². The summed E-state index contributed by atoms with van der Waals surface area (Å²) in [7, 11) is 1.76. The Hall–Kier alpha value is -3.73. The summed E-state index contributed by atoms with van der Waals surface area (Å²) in [5, 5.41) is 15.8. The fraction of sp³-hybridized carbons (Fsp3) is 0.485. The normalized spacial score (nSPS) is 17.1. The van der Waals surface area contributed by atoms with E-state index >= 15 is 0 Å². The molecule has 5 N–H and O–H groups in total. The molecule has 2 aliphatic rings. The van der Waals surface area contributed by atoms with Gasteiger partial charge in [0.15, 0.2) is 0 Å². The van der Waals surface area contributed by atoms with Crippen LogP contribution in [0.4, 0.5) is 0 Å². The molecule has 232 valence electrons. The Kier molecular flexibility index (Phi) is 11.3. The molecule has 0 radical (unpaired) electrons. The molecule has 1 aliphatic heterocycles. The fourth-order valence-electron chi connectivity index (χ4n) is 5.73. The molecule has 1 saturated heterocycles. The number of amides is 2. The van der Waals surface area contributed by atoms with Gasteiger partial charge in [-0.15, -0.1) is 0 Å². The van der Waals surface area contributed by atoms with Crippen molar-refractivity contribution in [2.24, 2.45) is 12.8 Å². The smallest absolute Gasteiger partial charge is 0.352 e. The molecule has 1 aliphatic carbocycles. The molecule has 10 heteroatoms. The first-order valence-electron chi connectivity index (χ1n) is 15.2. The summed E-state index contributed by atoms with van der Waals surface area (Å²) in [6.45, 7) is 6.96. The zero-order valence-electron chi connectivity index (χ0n) is 25.3. The lowest BCUT2D eigenvalue weighted by molar-refractivity contribution is -0.131. The molecule has 1 saturated carbocycles. The highest BCUT2D eigenvalue weighted by Gasteiger charge is 2.38. The highest BCUT2D eigenvalue weighted by molar-refractivity contribution is 5.95. The third-order valence-corrected chi connectivity index (χ3v) is 8.32. The molecule has 0 bridgehead atoms. The summed E-state index contributed by atoms with van der Waals surface area (Å²) in [6.07, 6.45) is 4.61. The third kappa shape index (κ3) is 8.89. The van der Waals surface area contributed by atoms with Gasteiger partial charge in [0.2, 0.25) is 11.8 Å². The molecule has 2 amide bonds. The minimum absolute atomic E-state index is 0.147. The van der Waals surface area contributed by atoms with Gasteiger partial charge in [-0.05, 0) is 56.5 Å². The van der Waals surface area contributed by atoms with Crippen LogP contribution in [0.25, 0.3) is 10.9 Å². The number of hydrogen-bond donors (Lipinski definition) is 4. The number of nitrogens with zero attached hydrogens (tertiary/aromatic N) is 2. The Labute approximate surface area is 253 Å². The summed E-state index contributed by atoms with van der Waals surface area (Å²) in [5.74, 6) is -1.24. The number of rotatable bonds is 10. The number of hydrogen-bond acceptors (Lipinski definition) is 6. The van der Waals surface area contributed by atoms with Crippen LogP contribution in [0.5, 0.6) is 0 Å². The number of carboxylic acids is 1. The van der Waals surface area contributed by atoms with Gasteiger partial charge in [0.05, 0.1) is 18.8 Å². The van der Waals surface area contributed by atoms with Gasteiger partial charge in [0.1, 0.15) is 11.7 Å². The number of nitrogens with one attached hydrogen (secondary N) is 2. The maximum atomic E-state index is 12.9. The van der Waals surface area contributed by atoms with E-state index in [1.54, 1.807) is 17.7 Å². The fourth-order valence-corrected chi connectivity index (χ4v) is 5.73. The molecule has 1 atom stereocenters. The number of carboxylic acid groups (broad SMARTS) is 1. The van der Waals surface area contributed by atoms with Crippen LogP contribution in [0.1, 0.15) is 53.7 Å². The van der Waals surface area contributed by atoms with E-state index in [0.717, 1.165) is 74.1 Å². The molecule has 2 heterocycles. The molecule has 43 heavy (non-hydrogen) atoms. The second kappa shape index (κ2) is 15.1. The molecule has 0 spiro atoms. The van der Waals surface area contributed by atoms with Crippen molar-refractivity contribution in [1.82, 2.24) is 20.1 Å². The van der Waals surface area contributed by atoms with Gasteiger partial charge >= 0.3 is 5.97 Å². The standard InChI is InChI=1S/C22H34N4O3.C11H11NO2/c23-22(9-4-5-10-22)21(28)25-19(17-18-7-2-1-3-8-18)20(27)24-11-6-12-26-13-15-29-16-14-26;1-7-3-4-9-8(5-7)6-10(11(13)14)12(9)2/h1-3,7-8,19H,4-6,9-17,23H2,(H,24,27)(H,25,28);3-6H,1-2H3,(H,13,14)/t19-;/m1./s1. The lowest BCUT2D eigenvalue weighted by Crippen LogP contribution is -2.58. The van der Waals surface area contributed by atoms with Crippen LogP contribution in [0.15, 0.2) is 54.6 Å². The van der Waals surface area contributed by atoms with Crippen molar-refractivity contribution >= 4 is 28.7 Å². The molecule has 2 aromatic carbocycles. The number of carbonyl (C=O) groups excluding carboxylic acids is 2. The van der Waals surface area contributed by atoms with Crippen LogP contribution in [0, 0.1) is 6.92 Å². The Morgan fingerprint density at radius 2 is 1.74 bits per heavy atom. The average Bonchev–Trinajstić information content (AvgIpc) is 3.60. The van der Waals surface area contributed by atoms with Gasteiger partial charge in [-0.2, -0.15) is 0 Å². The van der Waals surface area contributed by atoms with E-state index in [-0.39, 0.29) is 11.8 Å². The molecule has 0 unspecified atom stereocenters. The summed E-state index contributed by atoms with van der Waals surface area (Å²) in [5.41, 5.74) is 8.88. The van der Waals surface area contributed by atoms with Crippen LogP contribution in [0.2, 0.25) is 0 Å². The summed E-state index contributed by atoms with van der Waals surface area (Å²) < 4.78 is 7.05. The van der Waals surface area contributed by atoms with Crippen LogP contribution in [0.3, 0.4) is 0 Å². The van der Waals surface area contributed by atoms with E-state index in [2.05, 4.69) is 15.5 Å². The number of carbonyl (C=O) groups is 3. The Balaban J connectivity index is 0.000000251. The maximum absolute atomic E-state index is 12.9. The molecule has 5 rings (SSSR count). The summed E-state index contributed by atoms with van der Waals surface area (Å²) in [6, 6.07) is 16.8. The zero-order valence-corrected chi connectivity index (χ0v) is 25.3. The number of aromatic carboxylic acids is 1. The number of aryl methyl sites for hydroxylation is 2. The molecule has 3 aromatic rings. The van der Waals surface area contributed by atoms with E-state index in [1.165, 1.54) is 0 Å². The van der Waals surface area contributed by atoms with Crippen molar-refractivity contribution in [3.05, 3.63) is 71.4 Å². The van der Waals surface area contributed by atoms with Crippen molar-refractivity contribution in [3.63, 3.8) is 0 Å². The lowest BCUT2D eigenvalue weighted by Gasteiger charge is -2.27. The number of ether oxygens (including phenoxy) is 1. The second-order valence-electron chi connectivity index (χ2n) is 11.6. The van der Waals surface area contributed by atoms with Crippen molar-refractivity contribution < 1.29 is 24.2 Å². The molecule has 1 aromatic heterocycles. The SMILES string of the molecule is Cc1ccc2c(c1)cc(C(=O)O)n2C.NC1(C(=O)N[C@H](Cc2ccccc2)C(=O)NCCCN2CCOCC2)CCCC1. The van der Waals surface area contributed by atoms with Gasteiger partial charge < -0.3 is 30.8 Å². The van der Waals surface area contributed by atoms with Gasteiger partial charge in [-0.25, -0.2) is 4.79 Å². The van der Waals surface area contributed by atoms with E-state index < -0.39 is 17.6 Å². The van der Waals surface area contributed by atoms with Gasteiger partial charge in [-0.1, -0.05) is 54.8 Å². The number of nitrogens with two attached hydrogens (primary N) is 1. The number of fused-ring (bicyclic) bond motifs is 1. The third-order valence-electron chi connectivity index (χ3n) is 8.32. The van der Waals surface area contributed by atoms with Crippen LogP contribution < -0.4 is 16.4 Å². The number of benzene rings is 2. The van der Waals surface area contributed by atoms with Crippen molar-refractivity contribution in [2.75, 3.05) is 39.4 Å². The predicted molar refractivity (Wildman–Crippen MR) is 167 cm³/mol. The van der Waals surface area contributed by atoms with E-state index in [1.807, 2.05) is 55.5 Å². The first kappa shape index (κ1) is 32.2. The largest absolute Gasteiger partial charge is 0.477 e. The monoisotopic (exact) mass is 591 g/mol. The van der Waals surface area contributed by atoms with Crippen molar-refractivity contribution in [3.8, 4) is 0 Å². The highest BCUT2D eigenvalue weighted by atomic mass is 16.5. The summed E-state index contributed by atoms with van der Waals surface area (Å²) >= 11 is 0. The minimum Gasteiger partial charge on any atom is -0.477 e. The average molecular weight is 592 g/mol. The van der Waals surface area contributed by atoms with Crippen molar-refractivity contribution in [2.45, 2.75) is 57.0 Å². The first-order chi connectivity index (χ1) is 20.7. The van der Waals surface area contributed by atoms with E-state index in [9.17, 15) is 14.4 Å². The summed E-state index contributed by atoms with van der Waals surface area (Å²) in [4.78, 5) is 38.8. The van der Waals surface area contributed by atoms with Crippen LogP contribution in [-0.2, 0) is 27.8 Å². The second-order valence-corrected chi connectivity index (χ2v) is 11.6. The van der Waals surface area contributed by atoms with Crippen LogP contribution in [-0.4, -0.2) is 83.3 Å². The molecular weight excluding hydrogens is 546 g/mol. The zero-order chi connectivity index (χ0) is 30.8. The number of morpholine rings is 1. The first-order valence-corrected chi connectivity index (χ1v) is 15.2. The molecule has 10 nitrogen and oxygen atoms in total. The number of aromatic nitrogens is 1. The lowest BCUT2D eigenvalue weighted by atomic mass is 9.96. The Morgan fingerprint density at radius 3 is 2.42 bits per heavy atom.